The van der Waals surface area contributed by atoms with Crippen LogP contribution in [-0.2, 0) is 4.79 Å². The number of fused-ring (bicyclic) bond motifs is 1. The minimum atomic E-state index is 0.105. The van der Waals surface area contributed by atoms with Crippen LogP contribution in [0, 0.1) is 0 Å². The van der Waals surface area contributed by atoms with Gasteiger partial charge in [-0.1, -0.05) is 0 Å². The summed E-state index contributed by atoms with van der Waals surface area (Å²) in [6.45, 7) is 4.42. The van der Waals surface area contributed by atoms with Gasteiger partial charge in [0, 0.05) is 33.1 Å². The van der Waals surface area contributed by atoms with Gasteiger partial charge in [-0.25, -0.2) is 4.98 Å². The van der Waals surface area contributed by atoms with Gasteiger partial charge in [0.2, 0.25) is 11.9 Å². The van der Waals surface area contributed by atoms with E-state index in [4.69, 9.17) is 5.73 Å². The smallest absolute Gasteiger partial charge is 0.224 e. The minimum Gasteiger partial charge on any atom is -0.368 e. The lowest BCUT2D eigenvalue weighted by Gasteiger charge is -2.34. The molecule has 1 aliphatic heterocycles. The predicted octanol–water partition coefficient (Wildman–Crippen LogP) is -0.396. The molecule has 0 unspecified atom stereocenters. The molecule has 19 heavy (non-hydrogen) atoms. The molecule has 1 saturated heterocycles. The first-order chi connectivity index (χ1) is 9.15. The molecule has 2 aromatic rings. The van der Waals surface area contributed by atoms with Crippen molar-refractivity contribution in [1.82, 2.24) is 24.8 Å². The first kappa shape index (κ1) is 11.7. The number of aromatic amines is 1. The number of nitrogen functional groups attached to an aromatic ring is 1. The molecule has 1 aliphatic rings. The number of carbonyl (C=O) groups is 1. The predicted molar refractivity (Wildman–Crippen MR) is 70.6 cm³/mol. The van der Waals surface area contributed by atoms with Crippen LogP contribution >= 0.6 is 0 Å². The summed E-state index contributed by atoms with van der Waals surface area (Å²) in [6.07, 6.45) is 1.58. The second-order valence-corrected chi connectivity index (χ2v) is 4.50. The summed E-state index contributed by atoms with van der Waals surface area (Å²) in [6, 6.07) is 0. The number of piperazine rings is 1. The number of nitrogens with one attached hydrogen (secondary N) is 1. The van der Waals surface area contributed by atoms with Crippen LogP contribution in [0.3, 0.4) is 0 Å². The van der Waals surface area contributed by atoms with Gasteiger partial charge in [0.25, 0.3) is 0 Å². The zero-order chi connectivity index (χ0) is 13.4. The van der Waals surface area contributed by atoms with E-state index in [0.29, 0.717) is 18.7 Å². The summed E-state index contributed by atoms with van der Waals surface area (Å²) in [5.41, 5.74) is 7.05. The van der Waals surface area contributed by atoms with E-state index in [2.05, 4.69) is 24.8 Å². The third kappa shape index (κ3) is 2.05. The Bertz CT molecular complexity index is 615. The standard InChI is InChI=1S/C11H15N7O/c1-7(19)17-2-4-18(5-3-17)10-8-9(14-6-13-8)15-11(12)16-10/h6H,2-5H2,1H3,(H3,12,13,14,15,16). The maximum Gasteiger partial charge on any atom is 0.224 e. The van der Waals surface area contributed by atoms with Crippen LogP contribution in [0.15, 0.2) is 6.33 Å². The van der Waals surface area contributed by atoms with Crippen LogP contribution in [0.2, 0.25) is 0 Å². The summed E-state index contributed by atoms with van der Waals surface area (Å²) in [5.74, 6) is 1.07. The quantitative estimate of drug-likeness (QED) is 0.724. The number of anilines is 2. The van der Waals surface area contributed by atoms with Crippen molar-refractivity contribution in [2.24, 2.45) is 0 Å². The van der Waals surface area contributed by atoms with Crippen molar-refractivity contribution in [2.45, 2.75) is 6.92 Å². The van der Waals surface area contributed by atoms with Crippen LogP contribution in [-0.4, -0.2) is 56.9 Å². The third-order valence-corrected chi connectivity index (χ3v) is 3.31. The summed E-state index contributed by atoms with van der Waals surface area (Å²) in [4.78, 5) is 30.7. The Kier molecular flexibility index (Phi) is 2.69. The molecule has 8 heteroatoms. The van der Waals surface area contributed by atoms with Crippen LogP contribution in [0.25, 0.3) is 11.2 Å². The Balaban J connectivity index is 1.89. The SMILES string of the molecule is CC(=O)N1CCN(c2nc(N)nc3nc[nH]c23)CC1. The molecular formula is C11H15N7O. The van der Waals surface area contributed by atoms with Crippen molar-refractivity contribution in [2.75, 3.05) is 36.8 Å². The molecule has 100 valence electrons. The molecule has 0 aromatic carbocycles. The van der Waals surface area contributed by atoms with Gasteiger partial charge >= 0.3 is 0 Å². The molecule has 2 aromatic heterocycles. The van der Waals surface area contributed by atoms with Crippen LogP contribution < -0.4 is 10.6 Å². The van der Waals surface area contributed by atoms with E-state index in [0.717, 1.165) is 24.4 Å². The summed E-state index contributed by atoms with van der Waals surface area (Å²) in [5, 5.41) is 0. The van der Waals surface area contributed by atoms with Crippen molar-refractivity contribution >= 4 is 28.8 Å². The number of aromatic nitrogens is 4. The van der Waals surface area contributed by atoms with Gasteiger partial charge in [0.1, 0.15) is 5.52 Å². The monoisotopic (exact) mass is 261 g/mol. The van der Waals surface area contributed by atoms with Gasteiger partial charge in [-0.15, -0.1) is 0 Å². The van der Waals surface area contributed by atoms with E-state index in [-0.39, 0.29) is 11.9 Å². The maximum absolute atomic E-state index is 11.3. The van der Waals surface area contributed by atoms with Crippen molar-refractivity contribution in [3.05, 3.63) is 6.33 Å². The average Bonchev–Trinajstić information content (AvgIpc) is 2.85. The zero-order valence-corrected chi connectivity index (χ0v) is 10.6. The van der Waals surface area contributed by atoms with Gasteiger partial charge in [0.05, 0.1) is 6.33 Å². The Morgan fingerprint density at radius 3 is 2.74 bits per heavy atom. The fourth-order valence-electron chi connectivity index (χ4n) is 2.30. The highest BCUT2D eigenvalue weighted by Gasteiger charge is 2.22. The molecule has 3 N–H and O–H groups in total. The molecule has 0 saturated carbocycles. The van der Waals surface area contributed by atoms with E-state index in [9.17, 15) is 4.79 Å². The van der Waals surface area contributed by atoms with E-state index < -0.39 is 0 Å². The highest BCUT2D eigenvalue weighted by atomic mass is 16.2. The van der Waals surface area contributed by atoms with Crippen molar-refractivity contribution in [3.63, 3.8) is 0 Å². The van der Waals surface area contributed by atoms with Crippen LogP contribution in [0.1, 0.15) is 6.92 Å². The van der Waals surface area contributed by atoms with Gasteiger partial charge < -0.3 is 20.5 Å². The number of amides is 1. The highest BCUT2D eigenvalue weighted by Crippen LogP contribution is 2.22. The fraction of sp³-hybridized carbons (Fsp3) is 0.455. The minimum absolute atomic E-state index is 0.105. The number of hydrogen-bond acceptors (Lipinski definition) is 6. The number of imidazole rings is 1. The summed E-state index contributed by atoms with van der Waals surface area (Å²) < 4.78 is 0. The van der Waals surface area contributed by atoms with Gasteiger partial charge in [-0.2, -0.15) is 9.97 Å². The molecule has 3 heterocycles. The molecular weight excluding hydrogens is 246 g/mol. The van der Waals surface area contributed by atoms with Crippen LogP contribution in [0.5, 0.6) is 0 Å². The third-order valence-electron chi connectivity index (χ3n) is 3.31. The largest absolute Gasteiger partial charge is 0.368 e. The van der Waals surface area contributed by atoms with Crippen LogP contribution in [0.4, 0.5) is 11.8 Å². The first-order valence-electron chi connectivity index (χ1n) is 6.12. The molecule has 0 bridgehead atoms. The molecule has 0 aliphatic carbocycles. The summed E-state index contributed by atoms with van der Waals surface area (Å²) in [7, 11) is 0. The Morgan fingerprint density at radius 2 is 2.05 bits per heavy atom. The molecule has 0 spiro atoms. The number of nitrogens with two attached hydrogens (primary N) is 1. The van der Waals surface area contributed by atoms with Gasteiger partial charge in [0.15, 0.2) is 11.5 Å². The van der Waals surface area contributed by atoms with E-state index >= 15 is 0 Å². The Morgan fingerprint density at radius 1 is 1.32 bits per heavy atom. The average molecular weight is 261 g/mol. The molecule has 0 atom stereocenters. The molecule has 1 fully saturated rings. The normalized spacial score (nSPS) is 16.1. The molecule has 3 rings (SSSR count). The molecule has 1 amide bonds. The fourth-order valence-corrected chi connectivity index (χ4v) is 2.30. The highest BCUT2D eigenvalue weighted by molar-refractivity contribution is 5.84. The lowest BCUT2D eigenvalue weighted by atomic mass is 10.3. The number of H-pyrrole nitrogens is 1. The molecule has 8 nitrogen and oxygen atoms in total. The lowest BCUT2D eigenvalue weighted by molar-refractivity contribution is -0.129. The number of hydrogen-bond donors (Lipinski definition) is 2. The van der Waals surface area contributed by atoms with E-state index in [1.54, 1.807) is 13.3 Å². The number of nitrogens with zero attached hydrogens (tertiary/aromatic N) is 5. The zero-order valence-electron chi connectivity index (χ0n) is 10.6. The maximum atomic E-state index is 11.3. The van der Waals surface area contributed by atoms with E-state index in [1.165, 1.54) is 0 Å². The number of rotatable bonds is 1. The van der Waals surface area contributed by atoms with Gasteiger partial charge in [-0.05, 0) is 0 Å². The second kappa shape index (κ2) is 4.38. The summed E-state index contributed by atoms with van der Waals surface area (Å²) >= 11 is 0. The van der Waals surface area contributed by atoms with E-state index in [1.807, 2.05) is 4.90 Å². The Labute approximate surface area is 109 Å². The molecule has 0 radical (unpaired) electrons. The van der Waals surface area contributed by atoms with Gasteiger partial charge in [-0.3, -0.25) is 4.79 Å². The number of carbonyl (C=O) groups excluding carboxylic acids is 1. The first-order valence-corrected chi connectivity index (χ1v) is 6.12. The Hall–Kier alpha value is -2.38. The van der Waals surface area contributed by atoms with Crippen molar-refractivity contribution < 1.29 is 4.79 Å². The van der Waals surface area contributed by atoms with Crippen molar-refractivity contribution in [3.8, 4) is 0 Å². The topological polar surface area (TPSA) is 104 Å². The van der Waals surface area contributed by atoms with Crippen molar-refractivity contribution in [1.29, 1.82) is 0 Å². The lowest BCUT2D eigenvalue weighted by Crippen LogP contribution is -2.48. The second-order valence-electron chi connectivity index (χ2n) is 4.50.